The molecule has 1 fully saturated rings. The fourth-order valence-corrected chi connectivity index (χ4v) is 2.89. The maximum absolute atomic E-state index is 10.2. The lowest BCUT2D eigenvalue weighted by molar-refractivity contribution is -0.209. The van der Waals surface area contributed by atoms with Gasteiger partial charge in [-0.25, -0.2) is 0 Å². The van der Waals surface area contributed by atoms with Gasteiger partial charge in [0, 0.05) is 0 Å². The molecule has 5 atom stereocenters. The average molecular weight is 371 g/mol. The summed E-state index contributed by atoms with van der Waals surface area (Å²) in [5.74, 6) is 0. The van der Waals surface area contributed by atoms with E-state index in [4.69, 9.17) is 4.74 Å². The molecule has 4 N–H and O–H groups in total. The minimum Gasteiger partial charge on any atom is -0.388 e. The second kappa shape index (κ2) is 8.14. The van der Waals surface area contributed by atoms with Crippen LogP contribution in [0.15, 0.2) is 52.7 Å². The molecule has 7 nitrogen and oxygen atoms in total. The Morgan fingerprint density at radius 2 is 1.52 bits per heavy atom. The number of ether oxygens (including phenoxy) is 1. The van der Waals surface area contributed by atoms with Gasteiger partial charge in [0.25, 0.3) is 0 Å². The molecule has 0 radical (unpaired) electrons. The zero-order valence-electron chi connectivity index (χ0n) is 15.6. The lowest BCUT2D eigenvalue weighted by atomic mass is 9.99. The summed E-state index contributed by atoms with van der Waals surface area (Å²) in [6.07, 6.45) is -5.22. The highest BCUT2D eigenvalue weighted by atomic mass is 16.5. The molecule has 0 spiro atoms. The van der Waals surface area contributed by atoms with Crippen molar-refractivity contribution in [2.24, 2.45) is 10.2 Å². The van der Waals surface area contributed by atoms with E-state index in [2.05, 4.69) is 15.5 Å². The summed E-state index contributed by atoms with van der Waals surface area (Å²) in [5.41, 5.74) is 4.07. The summed E-state index contributed by atoms with van der Waals surface area (Å²) in [5, 5.41) is 41.7. The Labute approximate surface area is 158 Å². The molecule has 0 saturated carbocycles. The Balaban J connectivity index is 1.82. The number of aliphatic hydroxyl groups excluding tert-OH is 3. The van der Waals surface area contributed by atoms with Crippen LogP contribution < -0.4 is 5.32 Å². The topological polar surface area (TPSA) is 107 Å². The number of nitrogens with zero attached hydrogens (tertiary/aromatic N) is 2. The molecule has 7 heteroatoms. The number of hydrogen-bond acceptors (Lipinski definition) is 7. The molecule has 2 aromatic rings. The van der Waals surface area contributed by atoms with Crippen molar-refractivity contribution in [3.8, 4) is 0 Å². The summed E-state index contributed by atoms with van der Waals surface area (Å²) in [4.78, 5) is 0. The lowest BCUT2D eigenvalue weighted by Crippen LogP contribution is -2.58. The van der Waals surface area contributed by atoms with Gasteiger partial charge >= 0.3 is 0 Å². The average Bonchev–Trinajstić information content (AvgIpc) is 2.65. The van der Waals surface area contributed by atoms with Crippen molar-refractivity contribution in [1.82, 2.24) is 0 Å². The maximum atomic E-state index is 10.2. The Morgan fingerprint density at radius 1 is 0.852 bits per heavy atom. The first kappa shape index (κ1) is 19.4. The van der Waals surface area contributed by atoms with Crippen molar-refractivity contribution >= 4 is 17.1 Å². The van der Waals surface area contributed by atoms with E-state index in [1.165, 1.54) is 0 Å². The molecule has 1 heterocycles. The van der Waals surface area contributed by atoms with Gasteiger partial charge in [0.05, 0.1) is 17.5 Å². The number of aliphatic hydroxyl groups is 3. The van der Waals surface area contributed by atoms with Crippen LogP contribution in [0.1, 0.15) is 18.1 Å². The monoisotopic (exact) mass is 371 g/mol. The van der Waals surface area contributed by atoms with Crippen LogP contribution in [-0.4, -0.2) is 46.0 Å². The molecule has 1 aliphatic heterocycles. The van der Waals surface area contributed by atoms with Crippen LogP contribution in [-0.2, 0) is 4.74 Å². The molecular weight excluding hydrogens is 346 g/mol. The third-order valence-corrected chi connectivity index (χ3v) is 4.61. The molecule has 2 aromatic carbocycles. The van der Waals surface area contributed by atoms with E-state index < -0.39 is 30.6 Å². The molecule has 0 bridgehead atoms. The van der Waals surface area contributed by atoms with Gasteiger partial charge in [0.1, 0.15) is 24.0 Å². The van der Waals surface area contributed by atoms with Crippen LogP contribution in [0.4, 0.5) is 17.1 Å². The summed E-state index contributed by atoms with van der Waals surface area (Å²) < 4.78 is 5.60. The number of anilines is 1. The first-order valence-corrected chi connectivity index (χ1v) is 8.90. The Kier molecular flexibility index (Phi) is 5.86. The van der Waals surface area contributed by atoms with E-state index in [0.29, 0.717) is 11.4 Å². The van der Waals surface area contributed by atoms with Gasteiger partial charge < -0.3 is 25.4 Å². The standard InChI is InChI=1S/C20H25N3O4/c1-11-4-7-14(8-5-11)22-23-16-10-12(2)6-9-15(16)21-20-19(26)18(25)17(24)13(3)27-20/h4-10,13,17-21,24-26H,1-3H3/t13-,17+,18+,19-,20-/m0/s1. The molecule has 1 aliphatic rings. The summed E-state index contributed by atoms with van der Waals surface area (Å²) in [6.45, 7) is 5.59. The van der Waals surface area contributed by atoms with Gasteiger partial charge in [-0.1, -0.05) is 23.8 Å². The highest BCUT2D eigenvalue weighted by molar-refractivity contribution is 5.66. The van der Waals surface area contributed by atoms with Crippen molar-refractivity contribution in [3.63, 3.8) is 0 Å². The molecule has 0 amide bonds. The first-order chi connectivity index (χ1) is 12.8. The van der Waals surface area contributed by atoms with Crippen LogP contribution in [0.2, 0.25) is 0 Å². The fraction of sp³-hybridized carbons (Fsp3) is 0.400. The van der Waals surface area contributed by atoms with Crippen LogP contribution in [0.3, 0.4) is 0 Å². The number of hydrogen-bond donors (Lipinski definition) is 4. The van der Waals surface area contributed by atoms with Crippen molar-refractivity contribution < 1.29 is 20.1 Å². The van der Waals surface area contributed by atoms with Gasteiger partial charge in [-0.05, 0) is 50.6 Å². The highest BCUT2D eigenvalue weighted by Crippen LogP contribution is 2.31. The minimum atomic E-state index is -1.30. The minimum absolute atomic E-state index is 0.583. The number of aryl methyl sites for hydroxylation is 2. The largest absolute Gasteiger partial charge is 0.388 e. The van der Waals surface area contributed by atoms with E-state index in [1.807, 2.05) is 56.3 Å². The summed E-state index contributed by atoms with van der Waals surface area (Å²) in [7, 11) is 0. The Morgan fingerprint density at radius 3 is 2.22 bits per heavy atom. The quantitative estimate of drug-likeness (QED) is 0.618. The summed E-state index contributed by atoms with van der Waals surface area (Å²) in [6, 6.07) is 13.3. The molecule has 27 heavy (non-hydrogen) atoms. The van der Waals surface area contributed by atoms with E-state index in [0.717, 1.165) is 16.8 Å². The predicted molar refractivity (Wildman–Crippen MR) is 103 cm³/mol. The van der Waals surface area contributed by atoms with Gasteiger partial charge in [-0.15, -0.1) is 5.11 Å². The number of rotatable bonds is 4. The lowest BCUT2D eigenvalue weighted by Gasteiger charge is -2.39. The maximum Gasteiger partial charge on any atom is 0.157 e. The second-order valence-corrected chi connectivity index (χ2v) is 6.93. The van der Waals surface area contributed by atoms with E-state index >= 15 is 0 Å². The van der Waals surface area contributed by atoms with E-state index in [1.54, 1.807) is 6.92 Å². The first-order valence-electron chi connectivity index (χ1n) is 8.90. The van der Waals surface area contributed by atoms with Crippen LogP contribution in [0.25, 0.3) is 0 Å². The van der Waals surface area contributed by atoms with E-state index in [9.17, 15) is 15.3 Å². The predicted octanol–water partition coefficient (Wildman–Crippen LogP) is 2.96. The SMILES string of the molecule is Cc1ccc(N=Nc2cc(C)ccc2N[C@H]2O[C@@H](C)[C@@H](O)[C@@H](O)[C@@H]2O)cc1. The highest BCUT2D eigenvalue weighted by Gasteiger charge is 2.41. The molecule has 3 rings (SSSR count). The normalized spacial score (nSPS) is 28.4. The molecule has 144 valence electrons. The third-order valence-electron chi connectivity index (χ3n) is 4.61. The Bertz CT molecular complexity index is 809. The van der Waals surface area contributed by atoms with Crippen molar-refractivity contribution in [2.75, 3.05) is 5.32 Å². The van der Waals surface area contributed by atoms with Crippen LogP contribution >= 0.6 is 0 Å². The number of azo groups is 1. The van der Waals surface area contributed by atoms with Crippen LogP contribution in [0, 0.1) is 13.8 Å². The molecule has 1 saturated heterocycles. The van der Waals surface area contributed by atoms with Crippen molar-refractivity contribution in [1.29, 1.82) is 0 Å². The third kappa shape index (κ3) is 4.51. The van der Waals surface area contributed by atoms with Crippen LogP contribution in [0.5, 0.6) is 0 Å². The number of nitrogens with one attached hydrogen (secondary N) is 1. The van der Waals surface area contributed by atoms with Crippen molar-refractivity contribution in [3.05, 3.63) is 53.6 Å². The fourth-order valence-electron chi connectivity index (χ4n) is 2.89. The van der Waals surface area contributed by atoms with E-state index in [-0.39, 0.29) is 0 Å². The zero-order chi connectivity index (χ0) is 19.6. The zero-order valence-corrected chi connectivity index (χ0v) is 15.6. The smallest absolute Gasteiger partial charge is 0.157 e. The summed E-state index contributed by atoms with van der Waals surface area (Å²) >= 11 is 0. The Hall–Kier alpha value is -2.32. The molecule has 0 aromatic heterocycles. The van der Waals surface area contributed by atoms with Crippen molar-refractivity contribution in [2.45, 2.75) is 51.4 Å². The van der Waals surface area contributed by atoms with Gasteiger partial charge in [-0.2, -0.15) is 5.11 Å². The van der Waals surface area contributed by atoms with Gasteiger partial charge in [-0.3, -0.25) is 0 Å². The molecule has 0 aliphatic carbocycles. The van der Waals surface area contributed by atoms with Gasteiger partial charge in [0.15, 0.2) is 6.23 Å². The van der Waals surface area contributed by atoms with Gasteiger partial charge in [0.2, 0.25) is 0 Å². The number of benzene rings is 2. The second-order valence-electron chi connectivity index (χ2n) is 6.93. The molecular formula is C20H25N3O4. The molecule has 0 unspecified atom stereocenters.